The topological polar surface area (TPSA) is 29.5 Å². The second-order valence-electron chi connectivity index (χ2n) is 4.98. The van der Waals surface area contributed by atoms with Crippen LogP contribution in [0.4, 0.5) is 0 Å². The van der Waals surface area contributed by atoms with Crippen molar-refractivity contribution in [2.24, 2.45) is 5.92 Å². The smallest absolute Gasteiger partial charge is 0.255 e. The van der Waals surface area contributed by atoms with Crippen molar-refractivity contribution in [3.05, 3.63) is 28.8 Å². The van der Waals surface area contributed by atoms with E-state index in [1.54, 1.807) is 29.8 Å². The van der Waals surface area contributed by atoms with Crippen LogP contribution in [-0.4, -0.2) is 43.9 Å². The highest BCUT2D eigenvalue weighted by atomic mass is 35.5. The first-order valence-electron chi connectivity index (χ1n) is 6.61. The van der Waals surface area contributed by atoms with Crippen molar-refractivity contribution in [1.29, 1.82) is 0 Å². The number of rotatable bonds is 7. The summed E-state index contributed by atoms with van der Waals surface area (Å²) in [5.41, 5.74) is 0.565. The minimum atomic E-state index is -0.0309. The Morgan fingerprint density at radius 2 is 2.15 bits per heavy atom. The van der Waals surface area contributed by atoms with Crippen molar-refractivity contribution in [3.63, 3.8) is 0 Å². The van der Waals surface area contributed by atoms with Crippen LogP contribution < -0.4 is 0 Å². The summed E-state index contributed by atoms with van der Waals surface area (Å²) in [5.74, 6) is 0.370. The Morgan fingerprint density at radius 3 is 2.70 bits per heavy atom. The number of amides is 1. The number of nitrogens with zero attached hydrogens (tertiary/aromatic N) is 1. The molecule has 5 heteroatoms. The maximum atomic E-state index is 12.7. The van der Waals surface area contributed by atoms with Crippen molar-refractivity contribution in [3.8, 4) is 0 Å². The van der Waals surface area contributed by atoms with E-state index >= 15 is 0 Å². The van der Waals surface area contributed by atoms with E-state index in [1.165, 1.54) is 0 Å². The Balaban J connectivity index is 2.97. The Labute approximate surface area is 130 Å². The van der Waals surface area contributed by atoms with Crippen molar-refractivity contribution in [2.45, 2.75) is 18.7 Å². The number of carbonyl (C=O) groups is 1. The summed E-state index contributed by atoms with van der Waals surface area (Å²) >= 11 is 7.77. The van der Waals surface area contributed by atoms with E-state index < -0.39 is 0 Å². The SMILES string of the molecule is COCCN(CC(C)C)C(=O)c1cc(SC)ccc1Cl. The fourth-order valence-corrected chi connectivity index (χ4v) is 2.52. The third-order valence-corrected chi connectivity index (χ3v) is 3.90. The summed E-state index contributed by atoms with van der Waals surface area (Å²) in [6, 6.07) is 5.56. The van der Waals surface area contributed by atoms with Gasteiger partial charge in [0.1, 0.15) is 0 Å². The van der Waals surface area contributed by atoms with Gasteiger partial charge in [-0.15, -0.1) is 11.8 Å². The van der Waals surface area contributed by atoms with Crippen molar-refractivity contribution >= 4 is 29.3 Å². The van der Waals surface area contributed by atoms with Crippen LogP contribution >= 0.6 is 23.4 Å². The highest BCUT2D eigenvalue weighted by Gasteiger charge is 2.19. The lowest BCUT2D eigenvalue weighted by atomic mass is 10.1. The lowest BCUT2D eigenvalue weighted by Gasteiger charge is -2.25. The Morgan fingerprint density at radius 1 is 1.45 bits per heavy atom. The molecular formula is C15H22ClNO2S. The molecule has 0 saturated carbocycles. The molecule has 0 saturated heterocycles. The summed E-state index contributed by atoms with van der Waals surface area (Å²) in [5, 5.41) is 0.499. The number of hydrogen-bond donors (Lipinski definition) is 0. The molecule has 0 N–H and O–H groups in total. The number of carbonyl (C=O) groups excluding carboxylic acids is 1. The molecular weight excluding hydrogens is 294 g/mol. The molecule has 1 aromatic rings. The van der Waals surface area contributed by atoms with Crippen LogP contribution in [0.2, 0.25) is 5.02 Å². The Bertz CT molecular complexity index is 451. The molecule has 0 aliphatic carbocycles. The van der Waals surface area contributed by atoms with Crippen LogP contribution in [0, 0.1) is 5.92 Å². The van der Waals surface area contributed by atoms with Crippen molar-refractivity contribution in [2.75, 3.05) is 33.1 Å². The summed E-state index contributed by atoms with van der Waals surface area (Å²) in [7, 11) is 1.64. The summed E-state index contributed by atoms with van der Waals surface area (Å²) < 4.78 is 5.08. The van der Waals surface area contributed by atoms with Gasteiger partial charge in [0, 0.05) is 25.1 Å². The number of halogens is 1. The third-order valence-electron chi connectivity index (χ3n) is 2.84. The lowest BCUT2D eigenvalue weighted by Crippen LogP contribution is -2.36. The first-order chi connectivity index (χ1) is 9.49. The molecule has 0 atom stereocenters. The van der Waals surface area contributed by atoms with Gasteiger partial charge >= 0.3 is 0 Å². The van der Waals surface area contributed by atoms with Gasteiger partial charge in [0.2, 0.25) is 0 Å². The Kier molecular flexibility index (Phi) is 7.41. The normalized spacial score (nSPS) is 10.9. The molecule has 112 valence electrons. The van der Waals surface area contributed by atoms with Crippen molar-refractivity contribution < 1.29 is 9.53 Å². The predicted molar refractivity (Wildman–Crippen MR) is 85.9 cm³/mol. The lowest BCUT2D eigenvalue weighted by molar-refractivity contribution is 0.0672. The second-order valence-corrected chi connectivity index (χ2v) is 6.27. The van der Waals surface area contributed by atoms with Gasteiger partial charge in [-0.05, 0) is 30.4 Å². The molecule has 0 fully saturated rings. The predicted octanol–water partition coefficient (Wildman–Crippen LogP) is 3.81. The molecule has 0 spiro atoms. The van der Waals surface area contributed by atoms with E-state index in [0.717, 1.165) is 4.90 Å². The molecule has 0 bridgehead atoms. The molecule has 1 rings (SSSR count). The van der Waals surface area contributed by atoms with E-state index in [2.05, 4.69) is 13.8 Å². The van der Waals surface area contributed by atoms with Crippen molar-refractivity contribution in [1.82, 2.24) is 4.90 Å². The van der Waals surface area contributed by atoms with Gasteiger partial charge in [-0.25, -0.2) is 0 Å². The quantitative estimate of drug-likeness (QED) is 0.717. The zero-order valence-electron chi connectivity index (χ0n) is 12.5. The van der Waals surface area contributed by atoms with E-state index in [0.29, 0.717) is 36.2 Å². The monoisotopic (exact) mass is 315 g/mol. The number of ether oxygens (including phenoxy) is 1. The zero-order valence-corrected chi connectivity index (χ0v) is 14.1. The number of benzene rings is 1. The Hall–Kier alpha value is -0.710. The molecule has 0 aromatic heterocycles. The second kappa shape index (κ2) is 8.55. The van der Waals surface area contributed by atoms with Gasteiger partial charge in [-0.3, -0.25) is 4.79 Å². The maximum Gasteiger partial charge on any atom is 0.255 e. The first-order valence-corrected chi connectivity index (χ1v) is 8.21. The standard InChI is InChI=1S/C15H22ClNO2S/c1-11(2)10-17(7-8-19-3)15(18)13-9-12(20-4)5-6-14(13)16/h5-6,9,11H,7-8,10H2,1-4H3. The van der Waals surface area contributed by atoms with E-state index in [9.17, 15) is 4.79 Å². The first kappa shape index (κ1) is 17.3. The number of thioether (sulfide) groups is 1. The van der Waals surface area contributed by atoms with Gasteiger partial charge in [-0.1, -0.05) is 25.4 Å². The molecule has 3 nitrogen and oxygen atoms in total. The van der Waals surface area contributed by atoms with E-state index in [-0.39, 0.29) is 5.91 Å². The molecule has 1 amide bonds. The van der Waals surface area contributed by atoms with E-state index in [4.69, 9.17) is 16.3 Å². The van der Waals surface area contributed by atoms with Gasteiger partial charge in [0.15, 0.2) is 0 Å². The number of methoxy groups -OCH3 is 1. The van der Waals surface area contributed by atoms with Crippen LogP contribution in [0.25, 0.3) is 0 Å². The maximum absolute atomic E-state index is 12.7. The average Bonchev–Trinajstić information content (AvgIpc) is 2.43. The summed E-state index contributed by atoms with van der Waals surface area (Å²) in [6.07, 6.45) is 1.98. The summed E-state index contributed by atoms with van der Waals surface area (Å²) in [4.78, 5) is 15.5. The highest BCUT2D eigenvalue weighted by molar-refractivity contribution is 7.98. The molecule has 0 radical (unpaired) electrons. The fourth-order valence-electron chi connectivity index (χ4n) is 1.88. The zero-order chi connectivity index (χ0) is 15.1. The van der Waals surface area contributed by atoms with Crippen LogP contribution in [0.3, 0.4) is 0 Å². The largest absolute Gasteiger partial charge is 0.383 e. The van der Waals surface area contributed by atoms with Crippen LogP contribution in [0.15, 0.2) is 23.1 Å². The molecule has 20 heavy (non-hydrogen) atoms. The summed E-state index contributed by atoms with van der Waals surface area (Å²) in [6.45, 7) is 5.98. The molecule has 0 heterocycles. The van der Waals surface area contributed by atoms with E-state index in [1.807, 2.05) is 18.4 Å². The van der Waals surface area contributed by atoms with Crippen LogP contribution in [0.1, 0.15) is 24.2 Å². The minimum Gasteiger partial charge on any atom is -0.383 e. The molecule has 0 aliphatic heterocycles. The third kappa shape index (κ3) is 5.00. The van der Waals surface area contributed by atoms with Gasteiger partial charge in [0.05, 0.1) is 17.2 Å². The highest BCUT2D eigenvalue weighted by Crippen LogP contribution is 2.24. The average molecular weight is 316 g/mol. The number of hydrogen-bond acceptors (Lipinski definition) is 3. The molecule has 1 aromatic carbocycles. The van der Waals surface area contributed by atoms with Gasteiger partial charge in [-0.2, -0.15) is 0 Å². The fraction of sp³-hybridized carbons (Fsp3) is 0.533. The van der Waals surface area contributed by atoms with Gasteiger partial charge in [0.25, 0.3) is 5.91 Å². The minimum absolute atomic E-state index is 0.0309. The van der Waals surface area contributed by atoms with Gasteiger partial charge < -0.3 is 9.64 Å². The van der Waals surface area contributed by atoms with Crippen LogP contribution in [-0.2, 0) is 4.74 Å². The molecule has 0 aliphatic rings. The molecule has 0 unspecified atom stereocenters. The van der Waals surface area contributed by atoms with Crippen LogP contribution in [0.5, 0.6) is 0 Å².